The minimum absolute atomic E-state index is 0.670. The molecule has 4 aromatic rings. The van der Waals surface area contributed by atoms with Crippen LogP contribution in [-0.4, -0.2) is 14.1 Å². The molecule has 4 nitrogen and oxygen atoms in total. The molecule has 0 saturated heterocycles. The molecular formula is C21H13BrN4. The molecule has 0 saturated carbocycles. The lowest BCUT2D eigenvalue weighted by Gasteiger charge is -2.09. The van der Waals surface area contributed by atoms with Crippen LogP contribution in [0, 0.1) is 11.3 Å². The first kappa shape index (κ1) is 15.2. The molecule has 0 fully saturated rings. The van der Waals surface area contributed by atoms with Crippen LogP contribution in [0.1, 0.15) is 11.1 Å². The average Bonchev–Trinajstić information content (AvgIpc) is 3.27. The van der Waals surface area contributed by atoms with Crippen molar-refractivity contribution in [1.82, 2.24) is 14.1 Å². The monoisotopic (exact) mass is 400 g/mol. The fraction of sp³-hybridized carbons (Fsp3) is 0.0476. The fourth-order valence-electron chi connectivity index (χ4n) is 3.51. The van der Waals surface area contributed by atoms with Gasteiger partial charge in [0.05, 0.1) is 23.0 Å². The van der Waals surface area contributed by atoms with Crippen LogP contribution >= 0.6 is 15.9 Å². The van der Waals surface area contributed by atoms with Gasteiger partial charge in [0, 0.05) is 35.2 Å². The minimum atomic E-state index is 0.670. The number of nitriles is 1. The maximum Gasteiger partial charge on any atom is 0.161 e. The van der Waals surface area contributed by atoms with Crippen LogP contribution in [0.3, 0.4) is 0 Å². The molecule has 0 aliphatic carbocycles. The first-order valence-corrected chi connectivity index (χ1v) is 9.05. The molecule has 3 heterocycles. The normalized spacial score (nSPS) is 11.8. The second kappa shape index (κ2) is 5.72. The molecule has 5 rings (SSSR count). The summed E-state index contributed by atoms with van der Waals surface area (Å²) in [6, 6.07) is 18.4. The third kappa shape index (κ3) is 2.31. The molecular weight excluding hydrogens is 388 g/mol. The highest BCUT2D eigenvalue weighted by atomic mass is 79.9. The van der Waals surface area contributed by atoms with Crippen LogP contribution in [0.15, 0.2) is 71.6 Å². The Kier molecular flexibility index (Phi) is 3.34. The number of nitrogens with zero attached hydrogens (tertiary/aromatic N) is 4. The Morgan fingerprint density at radius 1 is 1.04 bits per heavy atom. The van der Waals surface area contributed by atoms with E-state index in [0.717, 1.165) is 39.4 Å². The van der Waals surface area contributed by atoms with E-state index < -0.39 is 0 Å². The first-order chi connectivity index (χ1) is 12.7. The highest BCUT2D eigenvalue weighted by Gasteiger charge is 2.21. The van der Waals surface area contributed by atoms with E-state index in [1.807, 2.05) is 36.7 Å². The quantitative estimate of drug-likeness (QED) is 0.397. The molecule has 0 radical (unpaired) electrons. The zero-order valence-electron chi connectivity index (χ0n) is 13.7. The van der Waals surface area contributed by atoms with Crippen molar-refractivity contribution in [2.75, 3.05) is 0 Å². The van der Waals surface area contributed by atoms with Gasteiger partial charge in [-0.25, -0.2) is 4.98 Å². The molecule has 5 heteroatoms. The highest BCUT2D eigenvalue weighted by molar-refractivity contribution is 9.10. The summed E-state index contributed by atoms with van der Waals surface area (Å²) in [5.41, 5.74) is 6.36. The van der Waals surface area contributed by atoms with Crippen LogP contribution < -0.4 is 0 Å². The summed E-state index contributed by atoms with van der Waals surface area (Å²) in [5.74, 6) is 0.936. The molecule has 0 atom stereocenters. The van der Waals surface area contributed by atoms with Crippen molar-refractivity contribution < 1.29 is 0 Å². The zero-order chi connectivity index (χ0) is 17.7. The summed E-state index contributed by atoms with van der Waals surface area (Å²) in [6.45, 7) is 0.781. The summed E-state index contributed by atoms with van der Waals surface area (Å²) < 4.78 is 5.45. The van der Waals surface area contributed by atoms with Gasteiger partial charge < -0.3 is 4.57 Å². The smallest absolute Gasteiger partial charge is 0.161 e. The largest absolute Gasteiger partial charge is 0.340 e. The maximum absolute atomic E-state index is 8.99. The molecule has 2 aromatic heterocycles. The summed E-state index contributed by atoms with van der Waals surface area (Å²) >= 11 is 3.58. The topological polar surface area (TPSA) is 46.5 Å². The van der Waals surface area contributed by atoms with Gasteiger partial charge in [0.25, 0.3) is 0 Å². The van der Waals surface area contributed by atoms with Gasteiger partial charge in [-0.15, -0.1) is 0 Å². The minimum Gasteiger partial charge on any atom is -0.340 e. The van der Waals surface area contributed by atoms with Crippen molar-refractivity contribution in [2.45, 2.75) is 6.54 Å². The van der Waals surface area contributed by atoms with Gasteiger partial charge in [0.15, 0.2) is 5.82 Å². The standard InChI is InChI=1S/C21H13BrN4/c22-18-5-6-19-17(9-18)13-25-12-16(15-3-1-14(11-23)2-4-15)10-20(25)21-24-7-8-26(19)21/h1-10,12H,13H2. The Labute approximate surface area is 159 Å². The Balaban J connectivity index is 1.68. The number of hydrogen-bond acceptors (Lipinski definition) is 2. The fourth-order valence-corrected chi connectivity index (χ4v) is 3.92. The Morgan fingerprint density at radius 3 is 2.69 bits per heavy atom. The van der Waals surface area contributed by atoms with E-state index in [9.17, 15) is 0 Å². The van der Waals surface area contributed by atoms with Crippen molar-refractivity contribution in [3.05, 3.63) is 82.7 Å². The molecule has 1 aliphatic heterocycles. The summed E-state index contributed by atoms with van der Waals surface area (Å²) in [7, 11) is 0. The molecule has 124 valence electrons. The van der Waals surface area contributed by atoms with Crippen LogP contribution in [0.4, 0.5) is 0 Å². The molecule has 0 spiro atoms. The van der Waals surface area contributed by atoms with E-state index in [2.05, 4.69) is 66.6 Å². The van der Waals surface area contributed by atoms with E-state index in [-0.39, 0.29) is 0 Å². The van der Waals surface area contributed by atoms with E-state index in [1.165, 1.54) is 5.56 Å². The molecule has 0 bridgehead atoms. The van der Waals surface area contributed by atoms with Gasteiger partial charge in [-0.1, -0.05) is 28.1 Å². The van der Waals surface area contributed by atoms with Crippen molar-refractivity contribution in [3.8, 4) is 34.4 Å². The summed E-state index contributed by atoms with van der Waals surface area (Å²) in [4.78, 5) is 4.60. The Morgan fingerprint density at radius 2 is 1.88 bits per heavy atom. The number of hydrogen-bond donors (Lipinski definition) is 0. The zero-order valence-corrected chi connectivity index (χ0v) is 15.3. The van der Waals surface area contributed by atoms with Gasteiger partial charge >= 0.3 is 0 Å². The summed E-state index contributed by atoms with van der Waals surface area (Å²) in [6.07, 6.45) is 6.00. The molecule has 0 unspecified atom stereocenters. The van der Waals surface area contributed by atoms with Crippen molar-refractivity contribution in [2.24, 2.45) is 0 Å². The van der Waals surface area contributed by atoms with Gasteiger partial charge in [-0.05, 0) is 47.5 Å². The predicted octanol–water partition coefficient (Wildman–Crippen LogP) is 5.00. The Hall–Kier alpha value is -3.10. The molecule has 26 heavy (non-hydrogen) atoms. The second-order valence-electron chi connectivity index (χ2n) is 6.32. The lowest BCUT2D eigenvalue weighted by molar-refractivity contribution is 0.818. The maximum atomic E-state index is 8.99. The highest BCUT2D eigenvalue weighted by Crippen LogP contribution is 2.34. The van der Waals surface area contributed by atoms with Gasteiger partial charge in [-0.3, -0.25) is 4.57 Å². The van der Waals surface area contributed by atoms with Crippen molar-refractivity contribution in [3.63, 3.8) is 0 Å². The summed E-state index contributed by atoms with van der Waals surface area (Å²) in [5, 5.41) is 8.99. The number of rotatable bonds is 1. The number of aromatic nitrogens is 3. The average molecular weight is 401 g/mol. The van der Waals surface area contributed by atoms with E-state index in [0.29, 0.717) is 5.56 Å². The van der Waals surface area contributed by atoms with Crippen LogP contribution in [0.2, 0.25) is 0 Å². The number of halogens is 1. The molecule has 0 amide bonds. The lowest BCUT2D eigenvalue weighted by atomic mass is 10.1. The molecule has 2 aromatic carbocycles. The SMILES string of the molecule is N#Cc1ccc(-c2cc3n(c2)Cc2cc(Br)ccc2-n2ccnc2-3)cc1. The van der Waals surface area contributed by atoms with Gasteiger partial charge in [0.1, 0.15) is 0 Å². The van der Waals surface area contributed by atoms with E-state index in [1.54, 1.807) is 0 Å². The third-order valence-corrected chi connectivity index (χ3v) is 5.25. The van der Waals surface area contributed by atoms with E-state index >= 15 is 0 Å². The van der Waals surface area contributed by atoms with Gasteiger partial charge in [-0.2, -0.15) is 5.26 Å². The number of fused-ring (bicyclic) bond motifs is 5. The van der Waals surface area contributed by atoms with Crippen molar-refractivity contribution in [1.29, 1.82) is 5.26 Å². The Bertz CT molecular complexity index is 1180. The van der Waals surface area contributed by atoms with Crippen LogP contribution in [-0.2, 0) is 6.54 Å². The second-order valence-corrected chi connectivity index (χ2v) is 7.24. The van der Waals surface area contributed by atoms with E-state index in [4.69, 9.17) is 5.26 Å². The predicted molar refractivity (Wildman–Crippen MR) is 104 cm³/mol. The third-order valence-electron chi connectivity index (χ3n) is 4.76. The lowest BCUT2D eigenvalue weighted by Crippen LogP contribution is -1.99. The molecule has 1 aliphatic rings. The van der Waals surface area contributed by atoms with Crippen LogP contribution in [0.5, 0.6) is 0 Å². The van der Waals surface area contributed by atoms with Crippen molar-refractivity contribution >= 4 is 15.9 Å². The number of benzene rings is 2. The first-order valence-electron chi connectivity index (χ1n) is 8.26. The van der Waals surface area contributed by atoms with Gasteiger partial charge in [0.2, 0.25) is 0 Å². The van der Waals surface area contributed by atoms with Crippen LogP contribution in [0.25, 0.3) is 28.3 Å². The molecule has 0 N–H and O–H groups in total. The number of imidazole rings is 1.